The zero-order valence-corrected chi connectivity index (χ0v) is 8.84. The Kier molecular flexibility index (Phi) is 3.24. The quantitative estimate of drug-likeness (QED) is 0.498. The summed E-state index contributed by atoms with van der Waals surface area (Å²) in [6.45, 7) is 3.72. The van der Waals surface area contributed by atoms with Gasteiger partial charge in [-0.25, -0.2) is 9.78 Å². The number of hydrogen-bond acceptors (Lipinski definition) is 2. The van der Waals surface area contributed by atoms with Gasteiger partial charge in [-0.3, -0.25) is 0 Å². The van der Waals surface area contributed by atoms with Gasteiger partial charge in [0.15, 0.2) is 0 Å². The Labute approximate surface area is 86.2 Å². The maximum absolute atomic E-state index is 5.62. The van der Waals surface area contributed by atoms with E-state index in [4.69, 9.17) is 9.78 Å². The fourth-order valence-electron chi connectivity index (χ4n) is 2.56. The van der Waals surface area contributed by atoms with Crippen LogP contribution in [0.2, 0.25) is 0 Å². The van der Waals surface area contributed by atoms with Gasteiger partial charge in [-0.2, -0.15) is 0 Å². The molecule has 0 aromatic carbocycles. The van der Waals surface area contributed by atoms with Crippen LogP contribution in [0.1, 0.15) is 51.4 Å². The van der Waals surface area contributed by atoms with Crippen molar-refractivity contribution in [2.24, 2.45) is 0 Å². The summed E-state index contributed by atoms with van der Waals surface area (Å²) in [5.41, 5.74) is 0.0793. The van der Waals surface area contributed by atoms with Crippen molar-refractivity contribution in [3.8, 4) is 0 Å². The highest BCUT2D eigenvalue weighted by Gasteiger charge is 2.38. The predicted octanol–water partition coefficient (Wildman–Crippen LogP) is 3.38. The summed E-state index contributed by atoms with van der Waals surface area (Å²) < 4.78 is 0. The van der Waals surface area contributed by atoms with Crippen LogP contribution in [0.25, 0.3) is 0 Å². The van der Waals surface area contributed by atoms with E-state index in [-0.39, 0.29) is 11.7 Å². The van der Waals surface area contributed by atoms with E-state index >= 15 is 0 Å². The molecule has 1 aliphatic heterocycles. The van der Waals surface area contributed by atoms with Crippen LogP contribution in [0.5, 0.6) is 0 Å². The first kappa shape index (κ1) is 10.2. The van der Waals surface area contributed by atoms with Crippen molar-refractivity contribution >= 4 is 0 Å². The van der Waals surface area contributed by atoms with E-state index in [1.807, 2.05) is 6.08 Å². The Bertz CT molecular complexity index is 184. The molecule has 1 spiro atoms. The van der Waals surface area contributed by atoms with E-state index in [0.717, 1.165) is 12.8 Å². The SMILES string of the molecule is C=CCC1CCC2(CCCCC2)OO1. The largest absolute Gasteiger partial charge is 0.232 e. The molecule has 0 radical (unpaired) electrons. The standard InChI is InChI=1S/C12H20O2/c1-2-6-11-7-10-12(14-13-11)8-4-3-5-9-12/h2,11H,1,3-10H2. The molecule has 2 rings (SSSR count). The van der Waals surface area contributed by atoms with Crippen LogP contribution < -0.4 is 0 Å². The minimum atomic E-state index is 0.0793. The van der Waals surface area contributed by atoms with Crippen LogP contribution in [0, 0.1) is 0 Å². The van der Waals surface area contributed by atoms with E-state index in [1.165, 1.54) is 38.5 Å². The zero-order valence-electron chi connectivity index (χ0n) is 8.84. The molecule has 0 aromatic heterocycles. The van der Waals surface area contributed by atoms with Gasteiger partial charge in [0, 0.05) is 0 Å². The van der Waals surface area contributed by atoms with Crippen molar-refractivity contribution < 1.29 is 9.78 Å². The maximum atomic E-state index is 5.62. The minimum absolute atomic E-state index is 0.0793. The second-order valence-electron chi connectivity index (χ2n) is 4.61. The fraction of sp³-hybridized carbons (Fsp3) is 0.833. The summed E-state index contributed by atoms with van der Waals surface area (Å²) in [5, 5.41) is 0. The van der Waals surface area contributed by atoms with E-state index in [0.29, 0.717) is 0 Å². The summed E-state index contributed by atoms with van der Waals surface area (Å²) in [5.74, 6) is 0. The molecule has 80 valence electrons. The molecule has 2 nitrogen and oxygen atoms in total. The molecule has 2 fully saturated rings. The predicted molar refractivity (Wildman–Crippen MR) is 55.8 cm³/mol. The Hall–Kier alpha value is -0.340. The fourth-order valence-corrected chi connectivity index (χ4v) is 2.56. The van der Waals surface area contributed by atoms with Crippen LogP contribution in [0.4, 0.5) is 0 Å². The van der Waals surface area contributed by atoms with Crippen LogP contribution in [0.3, 0.4) is 0 Å². The average Bonchev–Trinajstić information content (AvgIpc) is 2.24. The third-order valence-corrected chi connectivity index (χ3v) is 3.48. The molecule has 0 N–H and O–H groups in total. The van der Waals surface area contributed by atoms with Crippen LogP contribution >= 0.6 is 0 Å². The molecule has 2 aliphatic rings. The van der Waals surface area contributed by atoms with Gasteiger partial charge in [-0.1, -0.05) is 25.3 Å². The van der Waals surface area contributed by atoms with E-state index in [9.17, 15) is 0 Å². The normalized spacial score (nSPS) is 31.6. The van der Waals surface area contributed by atoms with Gasteiger partial charge in [-0.05, 0) is 32.1 Å². The van der Waals surface area contributed by atoms with Gasteiger partial charge in [0.1, 0.15) is 5.60 Å². The highest BCUT2D eigenvalue weighted by molar-refractivity contribution is 4.87. The van der Waals surface area contributed by atoms with Crippen molar-refractivity contribution in [3.63, 3.8) is 0 Å². The summed E-state index contributed by atoms with van der Waals surface area (Å²) in [7, 11) is 0. The lowest BCUT2D eigenvalue weighted by Crippen LogP contribution is -2.41. The molecule has 2 heteroatoms. The average molecular weight is 196 g/mol. The van der Waals surface area contributed by atoms with Crippen LogP contribution in [-0.2, 0) is 9.78 Å². The summed E-state index contributed by atoms with van der Waals surface area (Å²) >= 11 is 0. The zero-order chi connectivity index (χ0) is 9.86. The molecule has 1 atom stereocenters. The lowest BCUT2D eigenvalue weighted by Gasteiger charge is -2.41. The third-order valence-electron chi connectivity index (χ3n) is 3.48. The first-order valence-corrected chi connectivity index (χ1v) is 5.80. The van der Waals surface area contributed by atoms with Crippen molar-refractivity contribution in [3.05, 3.63) is 12.7 Å². The van der Waals surface area contributed by atoms with Gasteiger partial charge < -0.3 is 0 Å². The van der Waals surface area contributed by atoms with E-state index in [2.05, 4.69) is 6.58 Å². The smallest absolute Gasteiger partial charge is 0.104 e. The lowest BCUT2D eigenvalue weighted by molar-refractivity contribution is -0.413. The lowest BCUT2D eigenvalue weighted by atomic mass is 9.80. The second-order valence-corrected chi connectivity index (χ2v) is 4.61. The highest BCUT2D eigenvalue weighted by Crippen LogP contribution is 2.39. The first-order chi connectivity index (χ1) is 6.85. The highest BCUT2D eigenvalue weighted by atomic mass is 17.2. The Morgan fingerprint density at radius 1 is 1.21 bits per heavy atom. The Morgan fingerprint density at radius 3 is 2.57 bits per heavy atom. The number of rotatable bonds is 2. The Balaban J connectivity index is 1.84. The molecule has 14 heavy (non-hydrogen) atoms. The van der Waals surface area contributed by atoms with Gasteiger partial charge in [0.05, 0.1) is 6.10 Å². The van der Waals surface area contributed by atoms with Crippen LogP contribution in [0.15, 0.2) is 12.7 Å². The van der Waals surface area contributed by atoms with Crippen molar-refractivity contribution in [1.29, 1.82) is 0 Å². The van der Waals surface area contributed by atoms with E-state index < -0.39 is 0 Å². The molecule has 0 aromatic rings. The minimum Gasteiger partial charge on any atom is -0.232 e. The molecule has 1 saturated heterocycles. The monoisotopic (exact) mass is 196 g/mol. The van der Waals surface area contributed by atoms with E-state index in [1.54, 1.807) is 0 Å². The van der Waals surface area contributed by atoms with Gasteiger partial charge in [0.2, 0.25) is 0 Å². The number of hydrogen-bond donors (Lipinski definition) is 0. The second kappa shape index (κ2) is 4.45. The third kappa shape index (κ3) is 2.18. The first-order valence-electron chi connectivity index (χ1n) is 5.80. The van der Waals surface area contributed by atoms with Gasteiger partial charge in [0.25, 0.3) is 0 Å². The Morgan fingerprint density at radius 2 is 2.00 bits per heavy atom. The summed E-state index contributed by atoms with van der Waals surface area (Å²) in [4.78, 5) is 11.1. The van der Waals surface area contributed by atoms with Gasteiger partial charge >= 0.3 is 0 Å². The molecular formula is C12H20O2. The van der Waals surface area contributed by atoms with Crippen molar-refractivity contribution in [2.45, 2.75) is 63.1 Å². The van der Waals surface area contributed by atoms with Gasteiger partial charge in [-0.15, -0.1) is 6.58 Å². The molecule has 1 heterocycles. The van der Waals surface area contributed by atoms with Crippen molar-refractivity contribution in [1.82, 2.24) is 0 Å². The summed E-state index contributed by atoms with van der Waals surface area (Å²) in [6.07, 6.45) is 11.7. The van der Waals surface area contributed by atoms with Crippen LogP contribution in [-0.4, -0.2) is 11.7 Å². The molecule has 0 bridgehead atoms. The molecule has 1 aliphatic carbocycles. The summed E-state index contributed by atoms with van der Waals surface area (Å²) in [6, 6.07) is 0. The molecule has 0 amide bonds. The topological polar surface area (TPSA) is 18.5 Å². The maximum Gasteiger partial charge on any atom is 0.104 e. The molecular weight excluding hydrogens is 176 g/mol. The van der Waals surface area contributed by atoms with Crippen molar-refractivity contribution in [2.75, 3.05) is 0 Å². The molecule has 1 unspecified atom stereocenters. The molecule has 1 saturated carbocycles.